The van der Waals surface area contributed by atoms with Crippen molar-refractivity contribution in [3.05, 3.63) is 58.1 Å². The van der Waals surface area contributed by atoms with Gasteiger partial charge >= 0.3 is 0 Å². The average molecular weight is 353 g/mol. The SMILES string of the molecule is CCC(C)c1ccccc1NC(=S)Nc1cccc(Cl)c1Cl. The summed E-state index contributed by atoms with van der Waals surface area (Å²) in [7, 11) is 0. The number of hydrogen-bond acceptors (Lipinski definition) is 1. The van der Waals surface area contributed by atoms with Crippen molar-refractivity contribution in [3.63, 3.8) is 0 Å². The summed E-state index contributed by atoms with van der Waals surface area (Å²) in [6.45, 7) is 4.37. The molecule has 0 spiro atoms. The summed E-state index contributed by atoms with van der Waals surface area (Å²) in [5, 5.41) is 7.77. The third-order valence-corrected chi connectivity index (χ3v) is 4.58. The third-order valence-electron chi connectivity index (χ3n) is 3.55. The number of para-hydroxylation sites is 1. The maximum Gasteiger partial charge on any atom is 0.175 e. The molecule has 2 nitrogen and oxygen atoms in total. The minimum Gasteiger partial charge on any atom is -0.332 e. The summed E-state index contributed by atoms with van der Waals surface area (Å²) in [5.74, 6) is 0.459. The third kappa shape index (κ3) is 4.13. The van der Waals surface area contributed by atoms with E-state index in [1.807, 2.05) is 30.3 Å². The first-order chi connectivity index (χ1) is 10.5. The first-order valence-corrected chi connectivity index (χ1v) is 8.30. The van der Waals surface area contributed by atoms with Crippen molar-refractivity contribution in [1.29, 1.82) is 0 Å². The van der Waals surface area contributed by atoms with Gasteiger partial charge in [0.2, 0.25) is 0 Å². The van der Waals surface area contributed by atoms with Crippen molar-refractivity contribution in [3.8, 4) is 0 Å². The van der Waals surface area contributed by atoms with Gasteiger partial charge in [0.1, 0.15) is 0 Å². The Kier molecular flexibility index (Phi) is 6.07. The van der Waals surface area contributed by atoms with Crippen molar-refractivity contribution in [2.75, 3.05) is 10.6 Å². The molecule has 0 fully saturated rings. The van der Waals surface area contributed by atoms with Gasteiger partial charge in [-0.2, -0.15) is 0 Å². The van der Waals surface area contributed by atoms with Gasteiger partial charge in [0, 0.05) is 5.69 Å². The molecule has 2 aromatic rings. The van der Waals surface area contributed by atoms with Gasteiger partial charge < -0.3 is 10.6 Å². The van der Waals surface area contributed by atoms with E-state index >= 15 is 0 Å². The number of halogens is 2. The summed E-state index contributed by atoms with van der Waals surface area (Å²) in [6, 6.07) is 13.6. The zero-order chi connectivity index (χ0) is 16.1. The lowest BCUT2D eigenvalue weighted by Crippen LogP contribution is -2.20. The molecule has 1 unspecified atom stereocenters. The fourth-order valence-corrected chi connectivity index (χ4v) is 2.70. The first-order valence-electron chi connectivity index (χ1n) is 7.13. The molecule has 1 atom stereocenters. The Morgan fingerprint density at radius 3 is 2.41 bits per heavy atom. The van der Waals surface area contributed by atoms with E-state index in [0.717, 1.165) is 12.1 Å². The van der Waals surface area contributed by atoms with Crippen LogP contribution in [0.1, 0.15) is 31.7 Å². The number of anilines is 2. The fraction of sp³-hybridized carbons (Fsp3) is 0.235. The van der Waals surface area contributed by atoms with Gasteiger partial charge in [-0.05, 0) is 48.3 Å². The molecule has 0 aliphatic carbocycles. The lowest BCUT2D eigenvalue weighted by atomic mass is 9.97. The van der Waals surface area contributed by atoms with Gasteiger partial charge in [0.25, 0.3) is 0 Å². The predicted molar refractivity (Wildman–Crippen MR) is 101 cm³/mol. The number of benzene rings is 2. The second kappa shape index (κ2) is 7.82. The van der Waals surface area contributed by atoms with Gasteiger partial charge in [-0.1, -0.05) is 61.3 Å². The number of nitrogens with one attached hydrogen (secondary N) is 2. The molecule has 0 heterocycles. The van der Waals surface area contributed by atoms with Crippen molar-refractivity contribution in [2.24, 2.45) is 0 Å². The number of rotatable bonds is 4. The van der Waals surface area contributed by atoms with Crippen LogP contribution < -0.4 is 10.6 Å². The zero-order valence-electron chi connectivity index (χ0n) is 12.5. The monoisotopic (exact) mass is 352 g/mol. The highest BCUT2D eigenvalue weighted by Crippen LogP contribution is 2.30. The van der Waals surface area contributed by atoms with E-state index in [-0.39, 0.29) is 0 Å². The summed E-state index contributed by atoms with van der Waals surface area (Å²) in [6.07, 6.45) is 1.07. The molecule has 0 aromatic heterocycles. The zero-order valence-corrected chi connectivity index (χ0v) is 14.8. The molecule has 5 heteroatoms. The molecule has 0 bridgehead atoms. The van der Waals surface area contributed by atoms with Crippen LogP contribution in [0.15, 0.2) is 42.5 Å². The normalized spacial score (nSPS) is 11.8. The van der Waals surface area contributed by atoms with E-state index in [9.17, 15) is 0 Å². The Hall–Kier alpha value is -1.29. The predicted octanol–water partition coefficient (Wildman–Crippen LogP) is 6.32. The highest BCUT2D eigenvalue weighted by molar-refractivity contribution is 7.80. The van der Waals surface area contributed by atoms with E-state index in [0.29, 0.717) is 26.8 Å². The number of hydrogen-bond donors (Lipinski definition) is 2. The molecular weight excluding hydrogens is 335 g/mol. The molecular formula is C17H18Cl2N2S. The molecule has 2 rings (SSSR count). The van der Waals surface area contributed by atoms with Crippen LogP contribution in [-0.2, 0) is 0 Å². The Morgan fingerprint density at radius 1 is 1.05 bits per heavy atom. The Labute approximate surface area is 146 Å². The average Bonchev–Trinajstić information content (AvgIpc) is 2.51. The molecule has 22 heavy (non-hydrogen) atoms. The molecule has 2 N–H and O–H groups in total. The topological polar surface area (TPSA) is 24.1 Å². The molecule has 0 radical (unpaired) electrons. The van der Waals surface area contributed by atoms with Crippen LogP contribution in [0.5, 0.6) is 0 Å². The van der Waals surface area contributed by atoms with Gasteiger partial charge in [-0.15, -0.1) is 0 Å². The van der Waals surface area contributed by atoms with Gasteiger partial charge in [-0.25, -0.2) is 0 Å². The Bertz CT molecular complexity index is 673. The van der Waals surface area contributed by atoms with Gasteiger partial charge in [0.05, 0.1) is 15.7 Å². The van der Waals surface area contributed by atoms with Crippen LogP contribution in [0.25, 0.3) is 0 Å². The maximum absolute atomic E-state index is 6.16. The van der Waals surface area contributed by atoms with Gasteiger partial charge in [-0.3, -0.25) is 0 Å². The molecule has 0 saturated heterocycles. The summed E-state index contributed by atoms with van der Waals surface area (Å²) in [5.41, 5.74) is 2.94. The second-order valence-electron chi connectivity index (χ2n) is 5.08. The van der Waals surface area contributed by atoms with Crippen LogP contribution >= 0.6 is 35.4 Å². The van der Waals surface area contributed by atoms with Crippen LogP contribution in [0.3, 0.4) is 0 Å². The van der Waals surface area contributed by atoms with Crippen LogP contribution in [0, 0.1) is 0 Å². The lowest BCUT2D eigenvalue weighted by molar-refractivity contribution is 0.736. The van der Waals surface area contributed by atoms with Crippen molar-refractivity contribution < 1.29 is 0 Å². The van der Waals surface area contributed by atoms with E-state index in [4.69, 9.17) is 35.4 Å². The van der Waals surface area contributed by atoms with Crippen LogP contribution in [0.4, 0.5) is 11.4 Å². The van der Waals surface area contributed by atoms with E-state index in [1.54, 1.807) is 6.07 Å². The second-order valence-corrected chi connectivity index (χ2v) is 6.27. The highest BCUT2D eigenvalue weighted by atomic mass is 35.5. The summed E-state index contributed by atoms with van der Waals surface area (Å²) in [4.78, 5) is 0. The Balaban J connectivity index is 2.14. The molecule has 0 aliphatic rings. The lowest BCUT2D eigenvalue weighted by Gasteiger charge is -2.18. The quantitative estimate of drug-likeness (QED) is 0.629. The minimum atomic E-state index is 0.459. The van der Waals surface area contributed by atoms with Crippen molar-refractivity contribution >= 4 is 51.9 Å². The smallest absolute Gasteiger partial charge is 0.175 e. The number of thiocarbonyl (C=S) groups is 1. The largest absolute Gasteiger partial charge is 0.332 e. The van der Waals surface area contributed by atoms with Crippen molar-refractivity contribution in [1.82, 2.24) is 0 Å². The molecule has 116 valence electrons. The van der Waals surface area contributed by atoms with Crippen LogP contribution in [0.2, 0.25) is 10.0 Å². The first kappa shape index (κ1) is 17.1. The maximum atomic E-state index is 6.16. The van der Waals surface area contributed by atoms with Gasteiger partial charge in [0.15, 0.2) is 5.11 Å². The minimum absolute atomic E-state index is 0.459. The molecule has 0 amide bonds. The highest BCUT2D eigenvalue weighted by Gasteiger charge is 2.11. The molecule has 2 aromatic carbocycles. The standard InChI is InChI=1S/C17H18Cl2N2S/c1-3-11(2)12-7-4-5-9-14(12)20-17(22)21-15-10-6-8-13(18)16(15)19/h4-11H,3H2,1-2H3,(H2,20,21,22). The van der Waals surface area contributed by atoms with E-state index < -0.39 is 0 Å². The summed E-state index contributed by atoms with van der Waals surface area (Å²) >= 11 is 17.5. The summed E-state index contributed by atoms with van der Waals surface area (Å²) < 4.78 is 0. The van der Waals surface area contributed by atoms with E-state index in [1.165, 1.54) is 5.56 Å². The molecule has 0 aliphatic heterocycles. The fourth-order valence-electron chi connectivity index (χ4n) is 2.14. The van der Waals surface area contributed by atoms with Crippen molar-refractivity contribution in [2.45, 2.75) is 26.2 Å². The molecule has 0 saturated carbocycles. The Morgan fingerprint density at radius 2 is 1.68 bits per heavy atom. The van der Waals surface area contributed by atoms with Crippen LogP contribution in [-0.4, -0.2) is 5.11 Å². The van der Waals surface area contributed by atoms with E-state index in [2.05, 4.69) is 30.5 Å².